The summed E-state index contributed by atoms with van der Waals surface area (Å²) in [7, 11) is 0. The van der Waals surface area contributed by atoms with Crippen molar-refractivity contribution in [2.75, 3.05) is 0 Å². The monoisotopic (exact) mass is 436 g/mol. The predicted octanol–water partition coefficient (Wildman–Crippen LogP) is 6.66. The number of aliphatic hydroxyl groups excluding tert-OH is 1. The largest absolute Gasteiger partial charge is 0.457 e. The maximum absolute atomic E-state index is 10.8. The van der Waals surface area contributed by atoms with Crippen molar-refractivity contribution in [3.8, 4) is 22.6 Å². The standard InChI is InChI=1S/C28H24N2O3/c1-19-11-13-20(14-12-19)22-17-26-27(29-18-22)30-28(33-26)24(31)16-15-21-7-5-6-10-25(21)32-23-8-3-2-4-9-23/h2-14,17-18,24,31H,15-16H2,1H3. The Morgan fingerprint density at radius 1 is 0.909 bits per heavy atom. The normalized spacial score (nSPS) is 12.1. The molecule has 0 aliphatic heterocycles. The summed E-state index contributed by atoms with van der Waals surface area (Å²) >= 11 is 0. The number of aromatic nitrogens is 2. The third-order valence-corrected chi connectivity index (χ3v) is 5.56. The van der Waals surface area contributed by atoms with Crippen molar-refractivity contribution in [3.63, 3.8) is 0 Å². The van der Waals surface area contributed by atoms with Crippen LogP contribution in [0.25, 0.3) is 22.4 Å². The maximum Gasteiger partial charge on any atom is 0.225 e. The molecule has 1 atom stereocenters. The molecule has 0 radical (unpaired) electrons. The summed E-state index contributed by atoms with van der Waals surface area (Å²) in [6, 6.07) is 27.7. The topological polar surface area (TPSA) is 68.4 Å². The summed E-state index contributed by atoms with van der Waals surface area (Å²) in [5.41, 5.74) is 5.28. The van der Waals surface area contributed by atoms with Crippen LogP contribution in [0.2, 0.25) is 0 Å². The van der Waals surface area contributed by atoms with Crippen molar-refractivity contribution in [1.29, 1.82) is 0 Å². The first-order valence-corrected chi connectivity index (χ1v) is 11.0. The van der Waals surface area contributed by atoms with E-state index in [-0.39, 0.29) is 5.89 Å². The quantitative estimate of drug-likeness (QED) is 0.309. The lowest BCUT2D eigenvalue weighted by atomic mass is 10.1. The summed E-state index contributed by atoms with van der Waals surface area (Å²) in [6.07, 6.45) is 2.01. The van der Waals surface area contributed by atoms with Gasteiger partial charge in [-0.2, -0.15) is 4.98 Å². The van der Waals surface area contributed by atoms with Crippen molar-refractivity contribution >= 4 is 11.2 Å². The third-order valence-electron chi connectivity index (χ3n) is 5.56. The fourth-order valence-electron chi connectivity index (χ4n) is 3.72. The lowest BCUT2D eigenvalue weighted by Gasteiger charge is -2.12. The molecular formula is C28H24N2O3. The minimum Gasteiger partial charge on any atom is -0.457 e. The zero-order valence-corrected chi connectivity index (χ0v) is 18.3. The van der Waals surface area contributed by atoms with Crippen molar-refractivity contribution < 1.29 is 14.3 Å². The highest BCUT2D eigenvalue weighted by molar-refractivity contribution is 5.76. The molecule has 0 saturated carbocycles. The van der Waals surface area contributed by atoms with Crippen molar-refractivity contribution in [1.82, 2.24) is 9.97 Å². The number of aryl methyl sites for hydroxylation is 2. The zero-order chi connectivity index (χ0) is 22.6. The smallest absolute Gasteiger partial charge is 0.225 e. The molecule has 0 bridgehead atoms. The molecule has 5 heteroatoms. The molecule has 1 unspecified atom stereocenters. The van der Waals surface area contributed by atoms with Gasteiger partial charge >= 0.3 is 0 Å². The van der Waals surface area contributed by atoms with Gasteiger partial charge in [0.25, 0.3) is 0 Å². The minimum absolute atomic E-state index is 0.278. The first kappa shape index (κ1) is 20.9. The average Bonchev–Trinajstić information content (AvgIpc) is 3.28. The minimum atomic E-state index is -0.841. The zero-order valence-electron chi connectivity index (χ0n) is 18.3. The van der Waals surface area contributed by atoms with Gasteiger partial charge in [0.05, 0.1) is 0 Å². The summed E-state index contributed by atoms with van der Waals surface area (Å²) in [5.74, 6) is 1.83. The number of nitrogens with zero attached hydrogens (tertiary/aromatic N) is 2. The van der Waals surface area contributed by atoms with E-state index < -0.39 is 6.10 Å². The molecular weight excluding hydrogens is 412 g/mol. The number of oxazole rings is 1. The molecule has 2 aromatic heterocycles. The van der Waals surface area contributed by atoms with Gasteiger partial charge in [-0.15, -0.1) is 0 Å². The Balaban J connectivity index is 1.31. The van der Waals surface area contributed by atoms with Crippen LogP contribution in [0.3, 0.4) is 0 Å². The van der Waals surface area contributed by atoms with Gasteiger partial charge in [0.2, 0.25) is 5.89 Å². The number of rotatable bonds is 7. The SMILES string of the molecule is Cc1ccc(-c2cnc3nc(C(O)CCc4ccccc4Oc4ccccc4)oc3c2)cc1. The van der Waals surface area contributed by atoms with E-state index in [1.54, 1.807) is 6.20 Å². The van der Waals surface area contributed by atoms with Gasteiger partial charge in [-0.1, -0.05) is 66.2 Å². The van der Waals surface area contributed by atoms with Crippen LogP contribution >= 0.6 is 0 Å². The van der Waals surface area contributed by atoms with Crippen molar-refractivity contribution in [2.24, 2.45) is 0 Å². The predicted molar refractivity (Wildman–Crippen MR) is 128 cm³/mol. The molecule has 5 nitrogen and oxygen atoms in total. The molecule has 0 fully saturated rings. The van der Waals surface area contributed by atoms with Crippen LogP contribution in [0.15, 0.2) is 95.5 Å². The summed E-state index contributed by atoms with van der Waals surface area (Å²) in [6.45, 7) is 2.06. The van der Waals surface area contributed by atoms with E-state index in [9.17, 15) is 5.11 Å². The van der Waals surface area contributed by atoms with E-state index in [2.05, 4.69) is 41.2 Å². The molecule has 0 aliphatic carbocycles. The number of hydrogen-bond donors (Lipinski definition) is 1. The molecule has 0 aliphatic rings. The number of aliphatic hydroxyl groups is 1. The van der Waals surface area contributed by atoms with Gasteiger partial charge in [-0.05, 0) is 55.2 Å². The average molecular weight is 437 g/mol. The van der Waals surface area contributed by atoms with E-state index in [0.717, 1.165) is 28.2 Å². The van der Waals surface area contributed by atoms with Gasteiger partial charge in [0, 0.05) is 11.8 Å². The highest BCUT2D eigenvalue weighted by Gasteiger charge is 2.18. The number of ether oxygens (including phenoxy) is 1. The lowest BCUT2D eigenvalue weighted by Crippen LogP contribution is -2.01. The van der Waals surface area contributed by atoms with E-state index in [4.69, 9.17) is 9.15 Å². The second-order valence-corrected chi connectivity index (χ2v) is 8.04. The molecule has 5 aromatic rings. The van der Waals surface area contributed by atoms with E-state index in [0.29, 0.717) is 24.1 Å². The van der Waals surface area contributed by atoms with E-state index in [1.165, 1.54) is 5.56 Å². The van der Waals surface area contributed by atoms with Gasteiger partial charge in [0.15, 0.2) is 11.2 Å². The fourth-order valence-corrected chi connectivity index (χ4v) is 3.72. The Morgan fingerprint density at radius 3 is 2.48 bits per heavy atom. The number of hydrogen-bond acceptors (Lipinski definition) is 5. The molecule has 1 N–H and O–H groups in total. The Labute approximate surface area is 192 Å². The Morgan fingerprint density at radius 2 is 1.67 bits per heavy atom. The van der Waals surface area contributed by atoms with Gasteiger partial charge < -0.3 is 14.3 Å². The summed E-state index contributed by atoms with van der Waals surface area (Å²) in [5, 5.41) is 10.8. The molecule has 2 heterocycles. The van der Waals surface area contributed by atoms with E-state index in [1.807, 2.05) is 60.7 Å². The van der Waals surface area contributed by atoms with Crippen LogP contribution in [0.5, 0.6) is 11.5 Å². The molecule has 0 saturated heterocycles. The third kappa shape index (κ3) is 4.78. The highest BCUT2D eigenvalue weighted by atomic mass is 16.5. The Hall–Kier alpha value is -3.96. The first-order valence-electron chi connectivity index (χ1n) is 11.0. The van der Waals surface area contributed by atoms with Crippen LogP contribution in [0.1, 0.15) is 29.5 Å². The summed E-state index contributed by atoms with van der Waals surface area (Å²) < 4.78 is 11.9. The molecule has 5 rings (SSSR count). The molecule has 0 spiro atoms. The molecule has 164 valence electrons. The van der Waals surface area contributed by atoms with Crippen LogP contribution < -0.4 is 4.74 Å². The van der Waals surface area contributed by atoms with Crippen LogP contribution in [-0.2, 0) is 6.42 Å². The number of pyridine rings is 1. The van der Waals surface area contributed by atoms with Crippen molar-refractivity contribution in [3.05, 3.63) is 108 Å². The lowest BCUT2D eigenvalue weighted by molar-refractivity contribution is 0.136. The first-order chi connectivity index (χ1) is 16.2. The second kappa shape index (κ2) is 9.27. The summed E-state index contributed by atoms with van der Waals surface area (Å²) in [4.78, 5) is 8.83. The van der Waals surface area contributed by atoms with Crippen LogP contribution in [-0.4, -0.2) is 15.1 Å². The molecule has 33 heavy (non-hydrogen) atoms. The Bertz CT molecular complexity index is 1360. The number of para-hydroxylation sites is 2. The highest BCUT2D eigenvalue weighted by Crippen LogP contribution is 2.30. The molecule has 0 amide bonds. The fraction of sp³-hybridized carbons (Fsp3) is 0.143. The van der Waals surface area contributed by atoms with Gasteiger partial charge in [0.1, 0.15) is 17.6 Å². The molecule has 3 aromatic carbocycles. The van der Waals surface area contributed by atoms with Gasteiger partial charge in [-0.25, -0.2) is 4.98 Å². The second-order valence-electron chi connectivity index (χ2n) is 8.04. The Kier molecular flexibility index (Phi) is 5.87. The maximum atomic E-state index is 10.8. The van der Waals surface area contributed by atoms with Crippen LogP contribution in [0.4, 0.5) is 0 Å². The number of fused-ring (bicyclic) bond motifs is 1. The van der Waals surface area contributed by atoms with E-state index >= 15 is 0 Å². The van der Waals surface area contributed by atoms with Gasteiger partial charge in [-0.3, -0.25) is 0 Å². The van der Waals surface area contributed by atoms with Crippen LogP contribution in [0, 0.1) is 6.92 Å². The van der Waals surface area contributed by atoms with Crippen molar-refractivity contribution in [2.45, 2.75) is 25.9 Å². The number of benzene rings is 3.